The first-order valence-corrected chi connectivity index (χ1v) is 24.4. The van der Waals surface area contributed by atoms with E-state index in [1.807, 2.05) is 0 Å². The van der Waals surface area contributed by atoms with Crippen LogP contribution in [0, 0.1) is 0 Å². The fourth-order valence-corrected chi connectivity index (χ4v) is 7.50. The van der Waals surface area contributed by atoms with Crippen molar-refractivity contribution >= 4 is 50.4 Å². The lowest BCUT2D eigenvalue weighted by Gasteiger charge is -2.09. The zero-order valence-corrected chi connectivity index (χ0v) is 45.0. The number of carbonyl (C=O) groups excluding carboxylic acids is 1. The molecule has 0 aliphatic rings. The topological polar surface area (TPSA) is 345 Å². The van der Waals surface area contributed by atoms with Crippen molar-refractivity contribution in [2.24, 2.45) is 56.1 Å². The van der Waals surface area contributed by atoms with Gasteiger partial charge in [0.1, 0.15) is 11.3 Å². The highest BCUT2D eigenvalue weighted by molar-refractivity contribution is 5.75. The van der Waals surface area contributed by atoms with Gasteiger partial charge in [-0.3, -0.25) is 55.7 Å². The molecular weight excluding hydrogens is 1100 g/mol. The highest BCUT2D eigenvalue weighted by Gasteiger charge is 2.18. The molecule has 3 atom stereocenters. The first-order valence-electron chi connectivity index (χ1n) is 42.8. The Labute approximate surface area is 543 Å². The standard InChI is InChI=1S/3C13H20N4O3.C13H18N4O3.C2H6O.2CH4/c4*1-9(18)6-4-5-7-17-12(19)10-11(14-8-15(10)2)16(3)13(17)20;1-2-3;;/h3*8-9,18H,4-7H2,1-3H3;8H,4-7H2,1-3H3;3H,2H2,1H3;2*1H4/t2*9-;;;;;/m10...../s1/i4*1D3,2D3,6D2,8D;3D;;. The van der Waals surface area contributed by atoms with Gasteiger partial charge in [0.15, 0.2) is 44.7 Å². The minimum atomic E-state index is -3.13. The summed E-state index contributed by atoms with van der Waals surface area (Å²) in [5.74, 6) is -1.58. The minimum Gasteiger partial charge on any atom is -0.397 e. The number of nitrogens with zero attached hydrogens (tertiary/aromatic N) is 16. The largest absolute Gasteiger partial charge is 0.397 e. The summed E-state index contributed by atoms with van der Waals surface area (Å²) in [7, 11) is 4.96. The summed E-state index contributed by atoms with van der Waals surface area (Å²) in [6.45, 7) is -22.7. The van der Waals surface area contributed by atoms with Gasteiger partial charge in [0, 0.05) is 139 Å². The van der Waals surface area contributed by atoms with Crippen LogP contribution in [0.25, 0.3) is 44.7 Å². The van der Waals surface area contributed by atoms with Gasteiger partial charge in [-0.1, -0.05) is 14.9 Å². The highest BCUT2D eigenvalue weighted by Crippen LogP contribution is 2.09. The molecule has 8 aromatic heterocycles. The van der Waals surface area contributed by atoms with E-state index in [4.69, 9.17) is 50.8 Å². The van der Waals surface area contributed by atoms with E-state index in [0.29, 0.717) is 43.1 Å². The molecule has 4 N–H and O–H groups in total. The summed E-state index contributed by atoms with van der Waals surface area (Å²) in [5.41, 5.74) is -10.5. The Kier molecular flexibility index (Phi) is 13.3. The van der Waals surface area contributed by atoms with Crippen molar-refractivity contribution in [3.05, 3.63) is 109 Å². The molecule has 0 spiro atoms. The zero-order valence-electron chi connectivity index (χ0n) is 82.0. The first kappa shape index (κ1) is 33.7. The van der Waals surface area contributed by atoms with Crippen molar-refractivity contribution < 1.29 is 74.6 Å². The summed E-state index contributed by atoms with van der Waals surface area (Å²) < 4.78 is 281. The van der Waals surface area contributed by atoms with Gasteiger partial charge in [0.25, 0.3) is 22.2 Å². The lowest BCUT2D eigenvalue weighted by molar-refractivity contribution is -0.117. The van der Waals surface area contributed by atoms with Crippen LogP contribution in [0.15, 0.2) is 63.6 Å². The number of Topliss-reactive ketones (excluding diaryl/α,β-unsaturated/α-hetero) is 1. The number of imidazole rings is 4. The number of aliphatic hydroxyl groups excluding tert-OH is 4. The number of aromatic nitrogens is 16. The Balaban J connectivity index is 0.000000539. The molecule has 85 heavy (non-hydrogen) atoms. The Morgan fingerprint density at radius 3 is 0.941 bits per heavy atom. The van der Waals surface area contributed by atoms with Gasteiger partial charge in [0.2, 0.25) is 1.43 Å². The van der Waals surface area contributed by atoms with Crippen LogP contribution < -0.4 is 45.0 Å². The number of fused-ring (bicyclic) bond motifs is 4. The third kappa shape index (κ3) is 18.1. The maximum absolute atomic E-state index is 12.8. The second-order valence-corrected chi connectivity index (χ2v) is 17.1. The molecule has 1 unspecified atom stereocenters. The Morgan fingerprint density at radius 2 is 0.729 bits per heavy atom. The molecular formula is C56H92N16O13. The third-order valence-corrected chi connectivity index (χ3v) is 11.4. The summed E-state index contributed by atoms with van der Waals surface area (Å²) in [6, 6.07) is 0. The zero-order chi connectivity index (χ0) is 93.5. The van der Waals surface area contributed by atoms with Gasteiger partial charge in [0.05, 0.1) is 43.5 Å². The molecule has 0 radical (unpaired) electrons. The average Bonchev–Trinajstić information content (AvgIpc) is 1.60. The van der Waals surface area contributed by atoms with Gasteiger partial charge in [-0.2, -0.15) is 0 Å². The van der Waals surface area contributed by atoms with Crippen LogP contribution in [0.4, 0.5) is 0 Å². The highest BCUT2D eigenvalue weighted by atomic mass is 16.3. The minimum absolute atomic E-state index is 0. The van der Waals surface area contributed by atoms with Gasteiger partial charge in [-0.15, -0.1) is 0 Å². The predicted molar refractivity (Wildman–Crippen MR) is 328 cm³/mol. The van der Waals surface area contributed by atoms with Crippen LogP contribution in [-0.2, 0) is 87.1 Å². The molecule has 0 amide bonds. The third-order valence-electron chi connectivity index (χ3n) is 11.4. The number of carbonyl (C=O) groups is 1. The molecule has 8 heterocycles. The van der Waals surface area contributed by atoms with Gasteiger partial charge in [-0.05, 0) is 105 Å². The second kappa shape index (κ2) is 33.6. The van der Waals surface area contributed by atoms with Gasteiger partial charge < -0.3 is 43.5 Å². The van der Waals surface area contributed by atoms with E-state index in [0.717, 1.165) is 18.3 Å². The van der Waals surface area contributed by atoms with Crippen LogP contribution >= 0.6 is 0 Å². The fraction of sp³-hybridized carbons (Fsp3) is 0.625. The van der Waals surface area contributed by atoms with Crippen LogP contribution in [0.2, 0.25) is 0 Å². The molecule has 0 fully saturated rings. The van der Waals surface area contributed by atoms with E-state index in [-0.39, 0.29) is 82.8 Å². The normalized spacial score (nSPS) is 20.3. The summed E-state index contributed by atoms with van der Waals surface area (Å²) in [4.78, 5) is 127. The van der Waals surface area contributed by atoms with E-state index < -0.39 is 229 Å². The van der Waals surface area contributed by atoms with Crippen LogP contribution in [0.3, 0.4) is 0 Å². The number of hydrogen-bond donors (Lipinski definition) is 4. The van der Waals surface area contributed by atoms with Crippen molar-refractivity contribution in [1.29, 1.82) is 1.43 Å². The Morgan fingerprint density at radius 1 is 0.482 bits per heavy atom. The Bertz CT molecular complexity index is 5160. The number of hydrogen-bond acceptors (Lipinski definition) is 17. The number of rotatable bonds is 21. The van der Waals surface area contributed by atoms with Gasteiger partial charge in [-0.25, -0.2) is 39.1 Å². The smallest absolute Gasteiger partial charge is 0.332 e. The van der Waals surface area contributed by atoms with E-state index >= 15 is 0 Å². The maximum Gasteiger partial charge on any atom is 0.332 e. The second-order valence-electron chi connectivity index (χ2n) is 17.1. The fourth-order valence-electron chi connectivity index (χ4n) is 7.50. The van der Waals surface area contributed by atoms with Crippen molar-refractivity contribution in [2.45, 2.75) is 171 Å². The van der Waals surface area contributed by atoms with Crippen LogP contribution in [-0.4, -0.2) is 127 Å². The summed E-state index contributed by atoms with van der Waals surface area (Å²) in [5, 5.41) is 32.8. The molecule has 0 aromatic carbocycles. The SMILES string of the molecule is C.C.[2H]OCC.[2H]c1nc2c(c(=O)n(CCCC([2H])([2H])C(=O)C([2H])([2H])[2H])c(=O)n2C)n1C([2H])([2H])[2H].[2H]c1nc2c(c(=O)n(CCCC([2H])([2H])C(O)C([2H])([2H])[2H])c(=O)n2C)n1C([2H])([2H])[2H].[2H]c1nc2c(c(=O)n(CCCC([2H])([2H])[C@@H](O)C([2H])([2H])[2H])c(=O)n2C)n1C([2H])([2H])[2H].[2H]c1nc2c(c(=O)n(CCCC([2H])([2H])[C@H](O)C([2H])([2H])[2H])c(=O)n2C)n1C([2H])([2H])[2H]. The van der Waals surface area contributed by atoms with Crippen LogP contribution in [0.1, 0.15) is 175 Å². The molecule has 29 nitrogen and oxygen atoms in total. The number of aryl methyl sites for hydroxylation is 8. The average molecular weight is 1230 g/mol. The van der Waals surface area contributed by atoms with Crippen molar-refractivity contribution in [1.82, 2.24) is 74.7 Å². The summed E-state index contributed by atoms with van der Waals surface area (Å²) >= 11 is 0. The molecule has 8 aromatic rings. The molecule has 0 aliphatic carbocycles. The quantitative estimate of drug-likeness (QED) is 0.0790. The van der Waals surface area contributed by atoms with Gasteiger partial charge >= 0.3 is 22.8 Å². The molecule has 29 heteroatoms. The lowest BCUT2D eigenvalue weighted by atomic mass is 10.2. The molecule has 474 valence electrons. The summed E-state index contributed by atoms with van der Waals surface area (Å²) in [6.07, 6.45) is -22.6. The van der Waals surface area contributed by atoms with Crippen molar-refractivity contribution in [2.75, 3.05) is 6.61 Å². The monoisotopic (exact) mass is 1230 g/mol. The van der Waals surface area contributed by atoms with Crippen LogP contribution in [0.5, 0.6) is 0 Å². The lowest BCUT2D eigenvalue weighted by Crippen LogP contribution is -2.39. The molecule has 0 aliphatic heterocycles. The Hall–Kier alpha value is -7.89. The molecule has 0 bridgehead atoms. The van der Waals surface area contributed by atoms with Crippen molar-refractivity contribution in [3.8, 4) is 0 Å². The molecule has 0 saturated heterocycles. The van der Waals surface area contributed by atoms with E-state index in [1.54, 1.807) is 6.92 Å². The molecule has 8 rings (SSSR count). The first-order chi connectivity index (χ1) is 53.9. The maximum atomic E-state index is 12.8. The number of ketones is 1. The number of aliphatic hydroxyl groups is 4. The van der Waals surface area contributed by atoms with E-state index in [9.17, 15) is 58.5 Å². The molecule has 0 saturated carbocycles. The van der Waals surface area contributed by atoms with Crippen molar-refractivity contribution in [3.63, 3.8) is 0 Å². The van der Waals surface area contributed by atoms with E-state index in [1.165, 1.54) is 28.2 Å². The van der Waals surface area contributed by atoms with E-state index in [2.05, 4.69) is 25.0 Å². The predicted octanol–water partition coefficient (Wildman–Crippen LogP) is 1.42.